The number of nitrogens with one attached hydrogen (secondary N) is 1. The van der Waals surface area contributed by atoms with Gasteiger partial charge in [0.2, 0.25) is 0 Å². The van der Waals surface area contributed by atoms with Crippen LogP contribution >= 0.6 is 0 Å². The van der Waals surface area contributed by atoms with Crippen molar-refractivity contribution in [2.75, 3.05) is 18.0 Å². The van der Waals surface area contributed by atoms with E-state index in [0.717, 1.165) is 6.20 Å². The maximum Gasteiger partial charge on any atom is 0.404 e. The van der Waals surface area contributed by atoms with Crippen molar-refractivity contribution >= 4 is 17.5 Å². The third-order valence-corrected chi connectivity index (χ3v) is 5.22. The number of rotatable bonds is 5. The fourth-order valence-corrected chi connectivity index (χ4v) is 4.12. The van der Waals surface area contributed by atoms with Crippen molar-refractivity contribution < 1.29 is 32.7 Å². The van der Waals surface area contributed by atoms with Gasteiger partial charge in [0, 0.05) is 18.7 Å². The summed E-state index contributed by atoms with van der Waals surface area (Å²) in [5.74, 6) is -1.41. The minimum atomic E-state index is -4.58. The fourth-order valence-electron chi connectivity index (χ4n) is 4.12. The summed E-state index contributed by atoms with van der Waals surface area (Å²) in [6.07, 6.45) is -5.15. The van der Waals surface area contributed by atoms with E-state index in [1.54, 1.807) is 6.92 Å². The number of anilines is 1. The van der Waals surface area contributed by atoms with Crippen LogP contribution in [0.5, 0.6) is 0 Å². The lowest BCUT2D eigenvalue weighted by Crippen LogP contribution is -2.54. The first-order valence-corrected chi connectivity index (χ1v) is 9.26. The first-order chi connectivity index (χ1) is 14.0. The van der Waals surface area contributed by atoms with Gasteiger partial charge in [0.15, 0.2) is 0 Å². The van der Waals surface area contributed by atoms with Crippen molar-refractivity contribution in [3.63, 3.8) is 0 Å². The van der Waals surface area contributed by atoms with Crippen LogP contribution in [0.2, 0.25) is 0 Å². The third kappa shape index (κ3) is 4.41. The zero-order valence-electron chi connectivity index (χ0n) is 16.1. The number of allylic oxidation sites excluding steroid dienone is 1. The van der Waals surface area contributed by atoms with Crippen LogP contribution in [-0.2, 0) is 11.2 Å². The molecular formula is C18H21F3N4O5. The number of carboxylic acid groups (broad SMARTS) is 1. The molecule has 1 fully saturated rings. The van der Waals surface area contributed by atoms with Crippen LogP contribution in [0.1, 0.15) is 37.1 Å². The molecule has 1 saturated heterocycles. The summed E-state index contributed by atoms with van der Waals surface area (Å²) in [6, 6.07) is -1.03. The molecule has 0 bridgehead atoms. The van der Waals surface area contributed by atoms with Gasteiger partial charge in [-0.15, -0.1) is 0 Å². The highest BCUT2D eigenvalue weighted by Gasteiger charge is 2.47. The molecule has 0 spiro atoms. The van der Waals surface area contributed by atoms with Gasteiger partial charge in [0.25, 0.3) is 0 Å². The van der Waals surface area contributed by atoms with E-state index in [1.807, 2.05) is 0 Å². The molecule has 2 unspecified atom stereocenters. The lowest BCUT2D eigenvalue weighted by Gasteiger charge is -2.40. The highest BCUT2D eigenvalue weighted by atomic mass is 19.4. The van der Waals surface area contributed by atoms with Crippen molar-refractivity contribution in [3.05, 3.63) is 39.9 Å². The molecule has 3 rings (SSSR count). The van der Waals surface area contributed by atoms with E-state index in [2.05, 4.69) is 16.9 Å². The quantitative estimate of drug-likeness (QED) is 0.417. The number of hydrogen-bond donors (Lipinski definition) is 2. The van der Waals surface area contributed by atoms with Gasteiger partial charge >= 0.3 is 18.0 Å². The average molecular weight is 430 g/mol. The van der Waals surface area contributed by atoms with Crippen LogP contribution in [-0.4, -0.2) is 46.4 Å². The van der Waals surface area contributed by atoms with E-state index in [0.29, 0.717) is 29.9 Å². The highest BCUT2D eigenvalue weighted by Crippen LogP contribution is 2.45. The number of alkyl halides is 3. The van der Waals surface area contributed by atoms with Gasteiger partial charge in [-0.2, -0.15) is 13.2 Å². The van der Waals surface area contributed by atoms with E-state index in [-0.39, 0.29) is 12.2 Å². The Balaban J connectivity index is 2.05. The van der Waals surface area contributed by atoms with Gasteiger partial charge in [-0.1, -0.05) is 6.58 Å². The second-order valence-corrected chi connectivity index (χ2v) is 7.49. The monoisotopic (exact) mass is 430 g/mol. The van der Waals surface area contributed by atoms with Crippen LogP contribution in [0.15, 0.2) is 18.5 Å². The third-order valence-electron chi connectivity index (χ3n) is 5.22. The molecule has 1 aromatic rings. The number of nitro groups is 1. The van der Waals surface area contributed by atoms with Crippen LogP contribution in [0.25, 0.3) is 0 Å². The van der Waals surface area contributed by atoms with Gasteiger partial charge in [0.1, 0.15) is 18.0 Å². The largest absolute Gasteiger partial charge is 0.489 e. The van der Waals surface area contributed by atoms with Crippen molar-refractivity contribution in [2.24, 2.45) is 5.92 Å². The highest BCUT2D eigenvalue weighted by molar-refractivity contribution is 5.70. The molecule has 2 aliphatic rings. The number of fused-ring (bicyclic) bond motifs is 1. The SMILES string of the molecule is C=C(C)OC1CCc2c1ncc([N+](=O)[O-])c2N1CC(NC(=O)O)C[C@@H](C(F)(F)F)C1. The predicted octanol–water partition coefficient (Wildman–Crippen LogP) is 3.55. The van der Waals surface area contributed by atoms with Crippen LogP contribution < -0.4 is 10.2 Å². The molecule has 2 heterocycles. The topological polar surface area (TPSA) is 118 Å². The Morgan fingerprint density at radius 1 is 1.47 bits per heavy atom. The van der Waals surface area contributed by atoms with Crippen molar-refractivity contribution in [3.8, 4) is 0 Å². The second kappa shape index (κ2) is 8.00. The number of amides is 1. The Bertz CT molecular complexity index is 876. The molecule has 30 heavy (non-hydrogen) atoms. The lowest BCUT2D eigenvalue weighted by molar-refractivity contribution is -0.384. The second-order valence-electron chi connectivity index (χ2n) is 7.49. The van der Waals surface area contributed by atoms with E-state index in [4.69, 9.17) is 9.84 Å². The molecule has 2 N–H and O–H groups in total. The molecule has 9 nitrogen and oxygen atoms in total. The zero-order chi connectivity index (χ0) is 22.2. The first-order valence-electron chi connectivity index (χ1n) is 9.26. The van der Waals surface area contributed by atoms with Crippen LogP contribution in [0, 0.1) is 16.0 Å². The minimum Gasteiger partial charge on any atom is -0.489 e. The van der Waals surface area contributed by atoms with Gasteiger partial charge < -0.3 is 20.1 Å². The molecular weight excluding hydrogens is 409 g/mol. The van der Waals surface area contributed by atoms with E-state index in [9.17, 15) is 28.1 Å². The predicted molar refractivity (Wildman–Crippen MR) is 99.2 cm³/mol. The molecule has 0 aromatic carbocycles. The van der Waals surface area contributed by atoms with Crippen molar-refractivity contribution in [1.82, 2.24) is 10.3 Å². The first kappa shape index (κ1) is 21.7. The van der Waals surface area contributed by atoms with Crippen molar-refractivity contribution in [1.29, 1.82) is 0 Å². The number of halogens is 3. The average Bonchev–Trinajstić information content (AvgIpc) is 3.01. The standard InChI is InChI=1S/C18H21F3N4O5/c1-9(2)30-14-4-3-12-15(14)22-6-13(25(28)29)16(12)24-7-10(18(19,20)21)5-11(8-24)23-17(26)27/h6,10-11,14,23H,1,3-5,7-8H2,2H3,(H,26,27)/t10-,11?,14?/m1/s1. The molecule has 1 aromatic heterocycles. The fraction of sp³-hybridized carbons (Fsp3) is 0.556. The number of aromatic nitrogens is 1. The summed E-state index contributed by atoms with van der Waals surface area (Å²) in [5, 5.41) is 22.7. The molecule has 3 atom stereocenters. The van der Waals surface area contributed by atoms with Gasteiger partial charge in [-0.25, -0.2) is 9.78 Å². The maximum atomic E-state index is 13.5. The number of pyridine rings is 1. The summed E-state index contributed by atoms with van der Waals surface area (Å²) in [6.45, 7) is 4.68. The summed E-state index contributed by atoms with van der Waals surface area (Å²) < 4.78 is 46.1. The Hall–Kier alpha value is -3.05. The van der Waals surface area contributed by atoms with E-state index >= 15 is 0 Å². The Morgan fingerprint density at radius 2 is 2.17 bits per heavy atom. The minimum absolute atomic E-state index is 0.0453. The van der Waals surface area contributed by atoms with Gasteiger partial charge in [-0.3, -0.25) is 10.1 Å². The molecule has 0 saturated carbocycles. The number of piperidine rings is 1. The molecule has 12 heteroatoms. The Labute approximate surface area is 169 Å². The number of nitrogens with zero attached hydrogens (tertiary/aromatic N) is 3. The van der Waals surface area contributed by atoms with Gasteiger partial charge in [0.05, 0.1) is 28.3 Å². The van der Waals surface area contributed by atoms with Crippen LogP contribution in [0.4, 0.5) is 29.3 Å². The number of hydrogen-bond acceptors (Lipinski definition) is 6. The molecule has 1 amide bonds. The summed E-state index contributed by atoms with van der Waals surface area (Å²) in [5.41, 5.74) is 0.508. The van der Waals surface area contributed by atoms with Gasteiger partial charge in [-0.05, 0) is 26.2 Å². The molecule has 0 radical (unpaired) electrons. The normalized spacial score (nSPS) is 23.6. The summed E-state index contributed by atoms with van der Waals surface area (Å²) >= 11 is 0. The zero-order valence-corrected chi connectivity index (χ0v) is 16.1. The Kier molecular flexibility index (Phi) is 5.77. The Morgan fingerprint density at radius 3 is 2.73 bits per heavy atom. The van der Waals surface area contributed by atoms with E-state index in [1.165, 1.54) is 4.90 Å². The summed E-state index contributed by atoms with van der Waals surface area (Å²) in [7, 11) is 0. The molecule has 1 aliphatic carbocycles. The lowest BCUT2D eigenvalue weighted by atomic mass is 9.92. The molecule has 164 valence electrons. The van der Waals surface area contributed by atoms with Crippen LogP contribution in [0.3, 0.4) is 0 Å². The van der Waals surface area contributed by atoms with Crippen molar-refractivity contribution in [2.45, 2.75) is 44.5 Å². The van der Waals surface area contributed by atoms with E-state index < -0.39 is 53.9 Å². The smallest absolute Gasteiger partial charge is 0.404 e. The maximum absolute atomic E-state index is 13.5. The summed E-state index contributed by atoms with van der Waals surface area (Å²) in [4.78, 5) is 27.3. The molecule has 1 aliphatic heterocycles. The number of ether oxygens (including phenoxy) is 1. The number of carbonyl (C=O) groups is 1.